The van der Waals surface area contributed by atoms with E-state index in [2.05, 4.69) is 4.74 Å². The van der Waals surface area contributed by atoms with Crippen LogP contribution in [0.4, 0.5) is 5.69 Å². The fourth-order valence-corrected chi connectivity index (χ4v) is 3.17. The Morgan fingerprint density at radius 1 is 1.07 bits per heavy atom. The van der Waals surface area contributed by atoms with E-state index < -0.39 is 16.9 Å². The first kappa shape index (κ1) is 21.3. The van der Waals surface area contributed by atoms with Gasteiger partial charge in [-0.2, -0.15) is 0 Å². The number of ether oxygens (including phenoxy) is 2. The Morgan fingerprint density at radius 2 is 1.73 bits per heavy atom. The van der Waals surface area contributed by atoms with Gasteiger partial charge in [-0.15, -0.1) is 5.06 Å². The molecule has 0 N–H and O–H groups in total. The Balaban J connectivity index is 1.49. The Hall–Kier alpha value is -3.46. The first-order valence-corrected chi connectivity index (χ1v) is 9.49. The average molecular weight is 414 g/mol. The van der Waals surface area contributed by atoms with Crippen LogP contribution in [-0.2, 0) is 9.57 Å². The van der Waals surface area contributed by atoms with Crippen molar-refractivity contribution in [3.05, 3.63) is 69.8 Å². The highest BCUT2D eigenvalue weighted by Gasteiger charge is 2.24. The van der Waals surface area contributed by atoms with E-state index in [1.165, 1.54) is 19.2 Å². The van der Waals surface area contributed by atoms with Gasteiger partial charge in [0.05, 0.1) is 29.8 Å². The molecule has 0 spiro atoms. The molecule has 0 amide bonds. The maximum Gasteiger partial charge on any atom is 0.357 e. The zero-order valence-electron chi connectivity index (χ0n) is 16.5. The minimum absolute atomic E-state index is 0.0574. The number of piperidine rings is 1. The third kappa shape index (κ3) is 5.32. The highest BCUT2D eigenvalue weighted by atomic mass is 16.7. The number of para-hydroxylation sites is 2. The summed E-state index contributed by atoms with van der Waals surface area (Å²) in [5.41, 5.74) is 0.482. The number of carbonyl (C=O) groups excluding carboxylic acids is 2. The summed E-state index contributed by atoms with van der Waals surface area (Å²) in [6.45, 7) is 1.40. The molecule has 1 saturated heterocycles. The van der Waals surface area contributed by atoms with Crippen molar-refractivity contribution in [1.82, 2.24) is 5.06 Å². The lowest BCUT2D eigenvalue weighted by Gasteiger charge is -2.30. The van der Waals surface area contributed by atoms with Crippen LogP contribution in [0, 0.1) is 16.0 Å². The SMILES string of the molecule is COC(=O)c1cccc(C(=O)ON2CCC(COc3ccccc3[N+](=O)[O-])CC2)c1. The number of benzene rings is 2. The van der Waals surface area contributed by atoms with E-state index in [0.29, 0.717) is 19.7 Å². The van der Waals surface area contributed by atoms with Gasteiger partial charge < -0.3 is 14.3 Å². The van der Waals surface area contributed by atoms with E-state index in [9.17, 15) is 19.7 Å². The van der Waals surface area contributed by atoms with Gasteiger partial charge in [0.1, 0.15) is 0 Å². The zero-order chi connectivity index (χ0) is 21.5. The van der Waals surface area contributed by atoms with Crippen LogP contribution in [0.1, 0.15) is 33.6 Å². The number of hydrogen-bond acceptors (Lipinski definition) is 8. The second-order valence-corrected chi connectivity index (χ2v) is 6.86. The van der Waals surface area contributed by atoms with Gasteiger partial charge in [-0.1, -0.05) is 18.2 Å². The number of esters is 1. The van der Waals surface area contributed by atoms with Gasteiger partial charge in [0, 0.05) is 19.2 Å². The van der Waals surface area contributed by atoms with Crippen LogP contribution in [0.5, 0.6) is 5.75 Å². The van der Waals surface area contributed by atoms with Crippen LogP contribution in [0.2, 0.25) is 0 Å². The predicted molar refractivity (Wildman–Crippen MR) is 106 cm³/mol. The Morgan fingerprint density at radius 3 is 2.40 bits per heavy atom. The fourth-order valence-electron chi connectivity index (χ4n) is 3.17. The number of nitro benzene ring substituents is 1. The van der Waals surface area contributed by atoms with Gasteiger partial charge >= 0.3 is 17.6 Å². The van der Waals surface area contributed by atoms with Crippen molar-refractivity contribution in [3.63, 3.8) is 0 Å². The quantitative estimate of drug-likeness (QED) is 0.386. The summed E-state index contributed by atoms with van der Waals surface area (Å²) in [7, 11) is 1.27. The summed E-state index contributed by atoms with van der Waals surface area (Å²) in [4.78, 5) is 40.0. The zero-order valence-corrected chi connectivity index (χ0v) is 16.5. The molecule has 0 unspecified atom stereocenters. The van der Waals surface area contributed by atoms with Gasteiger partial charge in [-0.3, -0.25) is 10.1 Å². The van der Waals surface area contributed by atoms with Crippen LogP contribution in [0.25, 0.3) is 0 Å². The molecular formula is C21H22N2O7. The van der Waals surface area contributed by atoms with Crippen molar-refractivity contribution < 1.29 is 28.8 Å². The molecule has 0 radical (unpaired) electrons. The highest BCUT2D eigenvalue weighted by molar-refractivity contribution is 5.95. The molecule has 9 nitrogen and oxygen atoms in total. The summed E-state index contributed by atoms with van der Waals surface area (Å²) >= 11 is 0. The molecule has 0 atom stereocenters. The standard InChI is InChI=1S/C21H22N2O7/c1-28-20(24)16-5-4-6-17(13-16)21(25)30-22-11-9-15(10-12-22)14-29-19-8-3-2-7-18(19)23(26)27/h2-8,13,15H,9-12,14H2,1H3. The number of hydroxylamine groups is 2. The molecule has 9 heteroatoms. The molecular weight excluding hydrogens is 392 g/mol. The van der Waals surface area contributed by atoms with Crippen LogP contribution < -0.4 is 4.74 Å². The number of hydrogen-bond donors (Lipinski definition) is 0. The van der Waals surface area contributed by atoms with Gasteiger partial charge in [0.25, 0.3) is 0 Å². The van der Waals surface area contributed by atoms with Gasteiger partial charge in [-0.05, 0) is 43.0 Å². The van der Waals surface area contributed by atoms with Gasteiger partial charge in [-0.25, -0.2) is 9.59 Å². The molecule has 1 aliphatic heterocycles. The summed E-state index contributed by atoms with van der Waals surface area (Å²) in [6, 6.07) is 12.4. The third-order valence-corrected chi connectivity index (χ3v) is 4.84. The summed E-state index contributed by atoms with van der Waals surface area (Å²) < 4.78 is 10.3. The van der Waals surface area contributed by atoms with Gasteiger partial charge in [0.15, 0.2) is 5.75 Å². The molecule has 1 fully saturated rings. The number of rotatable bonds is 7. The van der Waals surface area contributed by atoms with Crippen molar-refractivity contribution in [2.24, 2.45) is 5.92 Å². The van der Waals surface area contributed by atoms with Crippen LogP contribution in [0.15, 0.2) is 48.5 Å². The number of nitrogens with zero attached hydrogens (tertiary/aromatic N) is 2. The lowest BCUT2D eigenvalue weighted by atomic mass is 9.99. The largest absolute Gasteiger partial charge is 0.487 e. The molecule has 158 valence electrons. The van der Waals surface area contributed by atoms with Crippen LogP contribution in [0.3, 0.4) is 0 Å². The maximum atomic E-state index is 12.4. The highest BCUT2D eigenvalue weighted by Crippen LogP contribution is 2.27. The Bertz CT molecular complexity index is 923. The smallest absolute Gasteiger partial charge is 0.357 e. The molecule has 3 rings (SSSR count). The summed E-state index contributed by atoms with van der Waals surface area (Å²) in [5, 5.41) is 12.6. The molecule has 30 heavy (non-hydrogen) atoms. The van der Waals surface area contributed by atoms with Crippen LogP contribution >= 0.6 is 0 Å². The third-order valence-electron chi connectivity index (χ3n) is 4.84. The topological polar surface area (TPSA) is 108 Å². The van der Waals surface area contributed by atoms with E-state index in [4.69, 9.17) is 9.57 Å². The summed E-state index contributed by atoms with van der Waals surface area (Å²) in [5.74, 6) is -0.622. The minimum atomic E-state index is -0.546. The first-order valence-electron chi connectivity index (χ1n) is 9.49. The molecule has 0 aliphatic carbocycles. The summed E-state index contributed by atoms with van der Waals surface area (Å²) in [6.07, 6.45) is 1.44. The lowest BCUT2D eigenvalue weighted by Crippen LogP contribution is -2.37. The number of methoxy groups -OCH3 is 1. The van der Waals surface area contributed by atoms with Crippen molar-refractivity contribution in [2.75, 3.05) is 26.8 Å². The van der Waals surface area contributed by atoms with E-state index in [1.807, 2.05) is 0 Å². The second kappa shape index (κ2) is 9.84. The molecule has 1 aliphatic rings. The monoisotopic (exact) mass is 414 g/mol. The maximum absolute atomic E-state index is 12.4. The average Bonchev–Trinajstić information content (AvgIpc) is 2.78. The minimum Gasteiger partial charge on any atom is -0.487 e. The second-order valence-electron chi connectivity index (χ2n) is 6.86. The van der Waals surface area contributed by atoms with E-state index in [-0.39, 0.29) is 28.5 Å². The van der Waals surface area contributed by atoms with E-state index in [0.717, 1.165) is 12.8 Å². The van der Waals surface area contributed by atoms with Crippen LogP contribution in [-0.4, -0.2) is 48.7 Å². The Kier molecular flexibility index (Phi) is 6.97. The van der Waals surface area contributed by atoms with Crippen molar-refractivity contribution in [2.45, 2.75) is 12.8 Å². The molecule has 1 heterocycles. The first-order chi connectivity index (χ1) is 14.5. The fraction of sp³-hybridized carbons (Fsp3) is 0.333. The normalized spacial score (nSPS) is 14.7. The predicted octanol–water partition coefficient (Wildman–Crippen LogP) is 3.24. The molecule has 0 saturated carbocycles. The van der Waals surface area contributed by atoms with E-state index >= 15 is 0 Å². The van der Waals surface area contributed by atoms with Gasteiger partial charge in [0.2, 0.25) is 0 Å². The molecule has 0 bridgehead atoms. The number of nitro groups is 1. The van der Waals surface area contributed by atoms with E-state index in [1.54, 1.807) is 41.5 Å². The molecule has 0 aromatic heterocycles. The number of carbonyl (C=O) groups is 2. The Labute approximate surface area is 173 Å². The molecule has 2 aromatic carbocycles. The van der Waals surface area contributed by atoms with Crippen molar-refractivity contribution in [3.8, 4) is 5.75 Å². The molecule has 2 aromatic rings. The van der Waals surface area contributed by atoms with Crippen molar-refractivity contribution in [1.29, 1.82) is 0 Å². The van der Waals surface area contributed by atoms with Crippen molar-refractivity contribution >= 4 is 17.6 Å². The lowest BCUT2D eigenvalue weighted by molar-refractivity contribution is -0.385.